The van der Waals surface area contributed by atoms with Gasteiger partial charge in [-0.15, -0.1) is 0 Å². The zero-order valence-corrected chi connectivity index (χ0v) is 11.5. The van der Waals surface area contributed by atoms with Crippen LogP contribution < -0.4 is 10.6 Å². The van der Waals surface area contributed by atoms with Crippen LogP contribution >= 0.6 is 0 Å². The Morgan fingerprint density at radius 1 is 1.25 bits per heavy atom. The molecule has 0 atom stereocenters. The van der Waals surface area contributed by atoms with Crippen molar-refractivity contribution in [2.75, 3.05) is 17.2 Å². The second-order valence-electron chi connectivity index (χ2n) is 5.09. The molecule has 0 amide bonds. The molecule has 3 heteroatoms. The molecule has 3 nitrogen and oxygen atoms in total. The number of anilines is 2. The summed E-state index contributed by atoms with van der Waals surface area (Å²) >= 11 is 0. The largest absolute Gasteiger partial charge is 0.384 e. The minimum absolute atomic E-state index is 0.730. The van der Waals surface area contributed by atoms with Crippen LogP contribution in [0.1, 0.15) is 22.3 Å². The van der Waals surface area contributed by atoms with Gasteiger partial charge in [-0.2, -0.15) is 5.26 Å². The third-order valence-electron chi connectivity index (χ3n) is 3.79. The minimum Gasteiger partial charge on any atom is -0.384 e. The van der Waals surface area contributed by atoms with Crippen LogP contribution in [0.4, 0.5) is 11.4 Å². The van der Waals surface area contributed by atoms with E-state index in [1.54, 1.807) is 0 Å². The van der Waals surface area contributed by atoms with E-state index in [1.165, 1.54) is 16.8 Å². The number of nitrogens with zero attached hydrogens (tertiary/aromatic N) is 1. The van der Waals surface area contributed by atoms with E-state index in [1.807, 2.05) is 25.1 Å². The predicted molar refractivity (Wildman–Crippen MR) is 81.9 cm³/mol. The number of nitrogens with one attached hydrogen (secondary N) is 2. The Kier molecular flexibility index (Phi) is 3.30. The summed E-state index contributed by atoms with van der Waals surface area (Å²) in [6.07, 6.45) is 1.09. The van der Waals surface area contributed by atoms with Gasteiger partial charge in [0.05, 0.1) is 11.3 Å². The van der Waals surface area contributed by atoms with E-state index in [0.717, 1.165) is 36.3 Å². The lowest BCUT2D eigenvalue weighted by Crippen LogP contribution is -2.04. The van der Waals surface area contributed by atoms with Gasteiger partial charge in [0.15, 0.2) is 0 Å². The highest BCUT2D eigenvalue weighted by Gasteiger charge is 2.13. The first-order valence-electron chi connectivity index (χ1n) is 6.88. The van der Waals surface area contributed by atoms with E-state index in [9.17, 15) is 5.26 Å². The topological polar surface area (TPSA) is 47.8 Å². The number of hydrogen-bond acceptors (Lipinski definition) is 3. The number of hydrogen-bond donors (Lipinski definition) is 2. The molecule has 0 saturated heterocycles. The van der Waals surface area contributed by atoms with E-state index in [0.29, 0.717) is 0 Å². The Bertz CT molecular complexity index is 683. The zero-order valence-electron chi connectivity index (χ0n) is 11.5. The molecule has 3 rings (SSSR count). The summed E-state index contributed by atoms with van der Waals surface area (Å²) in [6, 6.07) is 14.6. The van der Waals surface area contributed by atoms with Crippen molar-refractivity contribution >= 4 is 11.4 Å². The summed E-state index contributed by atoms with van der Waals surface area (Å²) in [6.45, 7) is 3.71. The van der Waals surface area contributed by atoms with Gasteiger partial charge in [0, 0.05) is 18.8 Å². The molecule has 2 aromatic rings. The van der Waals surface area contributed by atoms with Gasteiger partial charge in [-0.3, -0.25) is 0 Å². The lowest BCUT2D eigenvalue weighted by molar-refractivity contribution is 1.11. The number of para-hydroxylation sites is 1. The monoisotopic (exact) mass is 263 g/mol. The van der Waals surface area contributed by atoms with Gasteiger partial charge in [-0.1, -0.05) is 30.3 Å². The highest BCUT2D eigenvalue weighted by molar-refractivity contribution is 5.64. The number of rotatable bonds is 3. The van der Waals surface area contributed by atoms with Gasteiger partial charge < -0.3 is 10.6 Å². The fourth-order valence-electron chi connectivity index (χ4n) is 2.71. The fourth-order valence-corrected chi connectivity index (χ4v) is 2.71. The Morgan fingerprint density at radius 3 is 2.95 bits per heavy atom. The maximum absolute atomic E-state index is 9.25. The molecule has 0 spiro atoms. The summed E-state index contributed by atoms with van der Waals surface area (Å²) in [5.41, 5.74) is 6.54. The van der Waals surface area contributed by atoms with Crippen molar-refractivity contribution in [3.05, 3.63) is 58.7 Å². The minimum atomic E-state index is 0.730. The second kappa shape index (κ2) is 5.26. The van der Waals surface area contributed by atoms with Crippen LogP contribution in [0.5, 0.6) is 0 Å². The third-order valence-corrected chi connectivity index (χ3v) is 3.79. The van der Waals surface area contributed by atoms with Crippen LogP contribution in [-0.4, -0.2) is 6.54 Å². The van der Waals surface area contributed by atoms with Crippen molar-refractivity contribution in [2.45, 2.75) is 19.9 Å². The second-order valence-corrected chi connectivity index (χ2v) is 5.09. The summed E-state index contributed by atoms with van der Waals surface area (Å²) in [7, 11) is 0. The Hall–Kier alpha value is -2.47. The molecular weight excluding hydrogens is 246 g/mol. The summed E-state index contributed by atoms with van der Waals surface area (Å²) < 4.78 is 0. The molecule has 2 aromatic carbocycles. The summed E-state index contributed by atoms with van der Waals surface area (Å²) in [5.74, 6) is 0. The molecule has 1 heterocycles. The lowest BCUT2D eigenvalue weighted by Gasteiger charge is -2.13. The van der Waals surface area contributed by atoms with Gasteiger partial charge >= 0.3 is 0 Å². The van der Waals surface area contributed by atoms with Crippen LogP contribution in [0.15, 0.2) is 36.4 Å². The van der Waals surface area contributed by atoms with Gasteiger partial charge in [-0.05, 0) is 36.1 Å². The smallest absolute Gasteiger partial charge is 0.102 e. The number of nitriles is 1. The molecule has 0 saturated carbocycles. The molecule has 0 aromatic heterocycles. The molecule has 0 bridgehead atoms. The highest BCUT2D eigenvalue weighted by atomic mass is 14.9. The quantitative estimate of drug-likeness (QED) is 0.891. The standard InChI is InChI=1S/C17H17N3/c1-12-4-2-7-16(15(12)10-18)20-11-14-6-3-5-13-8-9-19-17(13)14/h2-7,19-20H,8-9,11H2,1H3. The van der Waals surface area contributed by atoms with E-state index in [-0.39, 0.29) is 0 Å². The van der Waals surface area contributed by atoms with Gasteiger partial charge in [0.25, 0.3) is 0 Å². The van der Waals surface area contributed by atoms with E-state index in [2.05, 4.69) is 34.9 Å². The number of fused-ring (bicyclic) bond motifs is 1. The van der Waals surface area contributed by atoms with Crippen LogP contribution in [0.25, 0.3) is 0 Å². The molecule has 0 unspecified atom stereocenters. The maximum Gasteiger partial charge on any atom is 0.102 e. The van der Waals surface area contributed by atoms with Crippen LogP contribution in [0.3, 0.4) is 0 Å². The average molecular weight is 263 g/mol. The molecule has 1 aliphatic rings. The maximum atomic E-state index is 9.25. The first-order chi connectivity index (χ1) is 9.79. The van der Waals surface area contributed by atoms with Gasteiger partial charge in [-0.25, -0.2) is 0 Å². The van der Waals surface area contributed by atoms with Gasteiger partial charge in [0.2, 0.25) is 0 Å². The SMILES string of the molecule is Cc1cccc(NCc2cccc3c2NCC3)c1C#N. The highest BCUT2D eigenvalue weighted by Crippen LogP contribution is 2.27. The van der Waals surface area contributed by atoms with Crippen molar-refractivity contribution in [1.82, 2.24) is 0 Å². The number of aryl methyl sites for hydroxylation is 1. The zero-order chi connectivity index (χ0) is 13.9. The molecular formula is C17H17N3. The number of benzene rings is 2. The van der Waals surface area contributed by atoms with Crippen molar-refractivity contribution in [3.63, 3.8) is 0 Å². The molecule has 100 valence electrons. The van der Waals surface area contributed by atoms with Gasteiger partial charge in [0.1, 0.15) is 6.07 Å². The molecule has 0 aliphatic carbocycles. The summed E-state index contributed by atoms with van der Waals surface area (Å²) in [5, 5.41) is 16.1. The average Bonchev–Trinajstić information content (AvgIpc) is 2.94. The Balaban J connectivity index is 1.83. The third kappa shape index (κ3) is 2.21. The van der Waals surface area contributed by atoms with E-state index >= 15 is 0 Å². The van der Waals surface area contributed by atoms with Crippen molar-refractivity contribution < 1.29 is 0 Å². The normalized spacial score (nSPS) is 12.4. The lowest BCUT2D eigenvalue weighted by atomic mass is 10.1. The van der Waals surface area contributed by atoms with Crippen LogP contribution in [0.2, 0.25) is 0 Å². The first kappa shape index (κ1) is 12.6. The van der Waals surface area contributed by atoms with E-state index in [4.69, 9.17) is 0 Å². The van der Waals surface area contributed by atoms with Crippen molar-refractivity contribution in [1.29, 1.82) is 5.26 Å². The first-order valence-corrected chi connectivity index (χ1v) is 6.88. The molecule has 2 N–H and O–H groups in total. The Morgan fingerprint density at radius 2 is 2.10 bits per heavy atom. The fraction of sp³-hybridized carbons (Fsp3) is 0.235. The molecule has 1 aliphatic heterocycles. The van der Waals surface area contributed by atoms with Crippen molar-refractivity contribution in [2.24, 2.45) is 0 Å². The molecule has 0 radical (unpaired) electrons. The summed E-state index contributed by atoms with van der Waals surface area (Å²) in [4.78, 5) is 0. The molecule has 20 heavy (non-hydrogen) atoms. The Labute approximate surface area is 119 Å². The van der Waals surface area contributed by atoms with Crippen LogP contribution in [0, 0.1) is 18.3 Å². The molecule has 0 fully saturated rings. The van der Waals surface area contributed by atoms with Crippen molar-refractivity contribution in [3.8, 4) is 6.07 Å². The van der Waals surface area contributed by atoms with Crippen LogP contribution in [-0.2, 0) is 13.0 Å². The van der Waals surface area contributed by atoms with E-state index < -0.39 is 0 Å². The predicted octanol–water partition coefficient (Wildman–Crippen LogP) is 3.45.